The summed E-state index contributed by atoms with van der Waals surface area (Å²) in [6.45, 7) is 4.19. The van der Waals surface area contributed by atoms with Gasteiger partial charge in [0.1, 0.15) is 17.6 Å². The number of benzene rings is 4. The Morgan fingerprint density at radius 2 is 1.05 bits per heavy atom. The molecule has 0 bridgehead atoms. The molecule has 0 amide bonds. The molecular weight excluding hydrogens is 841 g/mol. The zero-order valence-corrected chi connectivity index (χ0v) is 39.0. The standard InChI is InChI=1S/C54H62O12/c1-7-31(8-2)46(66-48-39(22-26-44(62-4)50(48)64-6)33-14-10-16-37-35(33)20-24-42(37)56)40(53(29-30-53)51(57)58)17-11-18-45(54(52(59)60)27-12-28-54)65-47-38(21-25-43(61-3)49(47)63-5)32-13-9-15-36-34(32)19-23-41(36)55/h9-10,13-16,21-22,25-26,31,40,45-46H,7-8,11-12,17-20,23-24,27-30H2,1-6H3,(H,57,58)(H,59,60). The van der Waals surface area contributed by atoms with Gasteiger partial charge in [-0.15, -0.1) is 0 Å². The smallest absolute Gasteiger partial charge is 0.313 e. The number of hydrogen-bond acceptors (Lipinski definition) is 10. The Balaban J connectivity index is 1.19. The highest BCUT2D eigenvalue weighted by Crippen LogP contribution is 2.59. The van der Waals surface area contributed by atoms with Crippen LogP contribution < -0.4 is 28.4 Å². The summed E-state index contributed by atoms with van der Waals surface area (Å²) in [5.41, 5.74) is 4.00. The highest BCUT2D eigenvalue weighted by Gasteiger charge is 2.60. The van der Waals surface area contributed by atoms with Crippen molar-refractivity contribution in [3.8, 4) is 56.8 Å². The number of hydrogen-bond donors (Lipinski definition) is 2. The van der Waals surface area contributed by atoms with E-state index < -0.39 is 40.9 Å². The molecule has 4 aliphatic rings. The van der Waals surface area contributed by atoms with Gasteiger partial charge in [0.25, 0.3) is 0 Å². The second-order valence-corrected chi connectivity index (χ2v) is 18.4. The molecule has 0 aliphatic heterocycles. The molecule has 350 valence electrons. The van der Waals surface area contributed by atoms with Crippen LogP contribution in [0.3, 0.4) is 0 Å². The maximum Gasteiger partial charge on any atom is 0.313 e. The van der Waals surface area contributed by atoms with Gasteiger partial charge in [-0.3, -0.25) is 19.2 Å². The molecule has 4 aromatic carbocycles. The van der Waals surface area contributed by atoms with Crippen LogP contribution in [0, 0.1) is 22.7 Å². The number of rotatable bonds is 22. The van der Waals surface area contributed by atoms with E-state index in [1.165, 1.54) is 14.2 Å². The number of carboxylic acids is 2. The number of methoxy groups -OCH3 is 4. The number of carbonyl (C=O) groups excluding carboxylic acids is 2. The van der Waals surface area contributed by atoms with Crippen molar-refractivity contribution in [2.24, 2.45) is 22.7 Å². The Hall–Kier alpha value is -6.04. The maximum absolute atomic E-state index is 13.5. The molecule has 0 saturated heterocycles. The zero-order valence-electron chi connectivity index (χ0n) is 39.0. The van der Waals surface area contributed by atoms with Crippen LogP contribution in [0.4, 0.5) is 0 Å². The van der Waals surface area contributed by atoms with Crippen LogP contribution in [-0.2, 0) is 22.4 Å². The molecule has 3 unspecified atom stereocenters. The maximum atomic E-state index is 13.5. The third kappa shape index (κ3) is 8.04. The zero-order chi connectivity index (χ0) is 46.9. The summed E-state index contributed by atoms with van der Waals surface area (Å²) in [6, 6.07) is 18.8. The van der Waals surface area contributed by atoms with E-state index in [2.05, 4.69) is 13.8 Å². The van der Waals surface area contributed by atoms with Crippen molar-refractivity contribution in [1.82, 2.24) is 0 Å². The molecule has 2 N–H and O–H groups in total. The number of aliphatic carboxylic acids is 2. The van der Waals surface area contributed by atoms with Crippen molar-refractivity contribution >= 4 is 23.5 Å². The second-order valence-electron chi connectivity index (χ2n) is 18.4. The van der Waals surface area contributed by atoms with E-state index in [1.807, 2.05) is 54.6 Å². The molecule has 0 spiro atoms. The fourth-order valence-corrected chi connectivity index (χ4v) is 11.3. The molecule has 4 aliphatic carbocycles. The van der Waals surface area contributed by atoms with Crippen molar-refractivity contribution in [2.45, 2.75) is 116 Å². The Morgan fingerprint density at radius 1 is 0.561 bits per heavy atom. The predicted octanol–water partition coefficient (Wildman–Crippen LogP) is 10.9. The average molecular weight is 903 g/mol. The van der Waals surface area contributed by atoms with E-state index in [4.69, 9.17) is 28.4 Å². The summed E-state index contributed by atoms with van der Waals surface area (Å²) in [5, 5.41) is 22.0. The molecule has 8 rings (SSSR count). The van der Waals surface area contributed by atoms with Crippen LogP contribution in [0.5, 0.6) is 34.5 Å². The molecule has 12 heteroatoms. The number of fused-ring (bicyclic) bond motifs is 2. The lowest BCUT2D eigenvalue weighted by Crippen LogP contribution is -2.50. The number of Topliss-reactive ketones (excluding diaryl/α,β-unsaturated/α-hetero) is 2. The highest BCUT2D eigenvalue weighted by molar-refractivity contribution is 6.03. The topological polar surface area (TPSA) is 164 Å². The largest absolute Gasteiger partial charge is 0.493 e. The predicted molar refractivity (Wildman–Crippen MR) is 249 cm³/mol. The van der Waals surface area contributed by atoms with Crippen LogP contribution in [0.25, 0.3) is 22.3 Å². The number of carbonyl (C=O) groups is 4. The van der Waals surface area contributed by atoms with Crippen molar-refractivity contribution in [2.75, 3.05) is 28.4 Å². The van der Waals surface area contributed by atoms with Crippen LogP contribution in [-0.4, -0.2) is 74.4 Å². The Labute approximate surface area is 386 Å². The van der Waals surface area contributed by atoms with E-state index in [0.29, 0.717) is 135 Å². The minimum atomic E-state index is -1.20. The Kier molecular flexibility index (Phi) is 13.4. The molecule has 0 heterocycles. The third-order valence-electron chi connectivity index (χ3n) is 15.4. The van der Waals surface area contributed by atoms with Gasteiger partial charge < -0.3 is 38.6 Å². The van der Waals surface area contributed by atoms with E-state index in [0.717, 1.165) is 34.2 Å². The van der Waals surface area contributed by atoms with E-state index >= 15 is 0 Å². The second kappa shape index (κ2) is 19.1. The first kappa shape index (κ1) is 46.5. The lowest BCUT2D eigenvalue weighted by molar-refractivity contribution is -0.164. The summed E-state index contributed by atoms with van der Waals surface area (Å²) in [5.74, 6) is 0.143. The van der Waals surface area contributed by atoms with Gasteiger partial charge in [-0.25, -0.2) is 0 Å². The molecule has 2 saturated carbocycles. The molecule has 66 heavy (non-hydrogen) atoms. The minimum Gasteiger partial charge on any atom is -0.493 e. The average Bonchev–Trinajstić information content (AvgIpc) is 3.91. The quantitative estimate of drug-likeness (QED) is 0.0768. The van der Waals surface area contributed by atoms with E-state index in [9.17, 15) is 29.4 Å². The van der Waals surface area contributed by atoms with Gasteiger partial charge in [0.2, 0.25) is 11.5 Å². The number of carboxylic acid groups (broad SMARTS) is 2. The lowest BCUT2D eigenvalue weighted by atomic mass is 9.63. The summed E-state index contributed by atoms with van der Waals surface area (Å²) >= 11 is 0. The van der Waals surface area contributed by atoms with Gasteiger partial charge in [0.15, 0.2) is 34.6 Å². The lowest BCUT2D eigenvalue weighted by Gasteiger charge is -2.44. The molecule has 4 aromatic rings. The minimum absolute atomic E-state index is 0.0641. The fraction of sp³-hybridized carbons (Fsp3) is 0.481. The van der Waals surface area contributed by atoms with Crippen LogP contribution in [0.1, 0.15) is 123 Å². The molecule has 0 radical (unpaired) electrons. The first-order chi connectivity index (χ1) is 31.9. The summed E-state index contributed by atoms with van der Waals surface area (Å²) in [6.07, 6.45) is 5.67. The van der Waals surface area contributed by atoms with Crippen molar-refractivity contribution in [3.63, 3.8) is 0 Å². The van der Waals surface area contributed by atoms with Gasteiger partial charge in [-0.05, 0) is 123 Å². The molecular formula is C54H62O12. The molecule has 0 aromatic heterocycles. The summed E-state index contributed by atoms with van der Waals surface area (Å²) < 4.78 is 38.0. The first-order valence-electron chi connectivity index (χ1n) is 23.5. The SMILES string of the molecule is CCC(CC)C(Oc1c(-c2cccc3c2CCC3=O)ccc(OC)c1OC)C(CCCC(Oc1c(-c2cccc3c2CCC3=O)ccc(OC)c1OC)C1(C(=O)O)CCC1)C1(C(=O)O)CC1. The Bertz CT molecular complexity index is 2510. The molecule has 3 atom stereocenters. The molecule has 12 nitrogen and oxygen atoms in total. The van der Waals surface area contributed by atoms with Gasteiger partial charge in [-0.2, -0.15) is 0 Å². The summed E-state index contributed by atoms with van der Waals surface area (Å²) in [7, 11) is 6.18. The highest BCUT2D eigenvalue weighted by atomic mass is 16.5. The normalized spacial score (nSPS) is 17.8. The third-order valence-corrected chi connectivity index (χ3v) is 15.4. The van der Waals surface area contributed by atoms with Crippen LogP contribution >= 0.6 is 0 Å². The molecule has 2 fully saturated rings. The monoisotopic (exact) mass is 902 g/mol. The first-order valence-corrected chi connectivity index (χ1v) is 23.5. The van der Waals surface area contributed by atoms with Gasteiger partial charge in [-0.1, -0.05) is 56.7 Å². The Morgan fingerprint density at radius 3 is 1.45 bits per heavy atom. The van der Waals surface area contributed by atoms with Crippen LogP contribution in [0.15, 0.2) is 60.7 Å². The van der Waals surface area contributed by atoms with Crippen molar-refractivity contribution in [1.29, 1.82) is 0 Å². The fourth-order valence-electron chi connectivity index (χ4n) is 11.3. The van der Waals surface area contributed by atoms with Gasteiger partial charge >= 0.3 is 11.9 Å². The van der Waals surface area contributed by atoms with Crippen molar-refractivity contribution < 1.29 is 57.8 Å². The summed E-state index contributed by atoms with van der Waals surface area (Å²) in [4.78, 5) is 52.8. The van der Waals surface area contributed by atoms with Crippen LogP contribution in [0.2, 0.25) is 0 Å². The number of ether oxygens (including phenoxy) is 6. The van der Waals surface area contributed by atoms with E-state index in [1.54, 1.807) is 20.3 Å². The van der Waals surface area contributed by atoms with E-state index in [-0.39, 0.29) is 17.5 Å². The van der Waals surface area contributed by atoms with Gasteiger partial charge in [0, 0.05) is 41.0 Å². The number of ketones is 2. The van der Waals surface area contributed by atoms with Crippen molar-refractivity contribution in [3.05, 3.63) is 82.9 Å². The van der Waals surface area contributed by atoms with Gasteiger partial charge in [0.05, 0.1) is 33.9 Å².